The zero-order chi connectivity index (χ0) is 11.0. The van der Waals surface area contributed by atoms with Crippen molar-refractivity contribution in [3.63, 3.8) is 0 Å². The van der Waals surface area contributed by atoms with Crippen LogP contribution in [0.5, 0.6) is 0 Å². The summed E-state index contributed by atoms with van der Waals surface area (Å²) in [7, 11) is 0. The lowest BCUT2D eigenvalue weighted by Gasteiger charge is -1.87. The number of anilines is 1. The first-order valence-corrected chi connectivity index (χ1v) is 6.99. The van der Waals surface area contributed by atoms with E-state index >= 15 is 0 Å². The van der Waals surface area contributed by atoms with Gasteiger partial charge < -0.3 is 5.73 Å². The molecule has 0 spiro atoms. The molecule has 3 heterocycles. The molecule has 16 heavy (non-hydrogen) atoms. The molecule has 4 nitrogen and oxygen atoms in total. The van der Waals surface area contributed by atoms with Crippen LogP contribution in [0.15, 0.2) is 22.9 Å². The lowest BCUT2D eigenvalue weighted by molar-refractivity contribution is 1.10. The predicted octanol–water partition coefficient (Wildman–Crippen LogP) is 2.97. The first-order chi connectivity index (χ1) is 7.83. The van der Waals surface area contributed by atoms with Crippen LogP contribution in [0.3, 0.4) is 0 Å². The van der Waals surface area contributed by atoms with Gasteiger partial charge in [-0.05, 0) is 11.4 Å². The van der Waals surface area contributed by atoms with E-state index in [4.69, 9.17) is 5.73 Å². The molecule has 3 aromatic rings. The van der Waals surface area contributed by atoms with Gasteiger partial charge in [0.1, 0.15) is 10.7 Å². The summed E-state index contributed by atoms with van der Waals surface area (Å²) in [5.41, 5.74) is 6.39. The number of nitrogens with zero attached hydrogens (tertiary/aromatic N) is 3. The molecule has 3 rings (SSSR count). The van der Waals surface area contributed by atoms with Gasteiger partial charge >= 0.3 is 0 Å². The molecule has 0 atom stereocenters. The Bertz CT molecular complexity index is 596. The van der Waals surface area contributed by atoms with Crippen LogP contribution in [0.25, 0.3) is 20.6 Å². The quantitative estimate of drug-likeness (QED) is 0.774. The van der Waals surface area contributed by atoms with Gasteiger partial charge in [0.15, 0.2) is 5.01 Å². The Morgan fingerprint density at radius 1 is 1.12 bits per heavy atom. The minimum atomic E-state index is 0.473. The van der Waals surface area contributed by atoms with E-state index in [-0.39, 0.29) is 0 Å². The normalized spacial score (nSPS) is 10.8. The molecule has 0 aliphatic carbocycles. The van der Waals surface area contributed by atoms with E-state index in [1.807, 2.05) is 16.8 Å². The van der Waals surface area contributed by atoms with E-state index in [0.717, 1.165) is 15.7 Å². The van der Waals surface area contributed by atoms with Crippen LogP contribution < -0.4 is 5.73 Å². The average Bonchev–Trinajstić information content (AvgIpc) is 2.97. The Balaban J connectivity index is 2.00. The Labute approximate surface area is 103 Å². The number of hydrogen-bond acceptors (Lipinski definition) is 7. The van der Waals surface area contributed by atoms with Gasteiger partial charge in [0, 0.05) is 5.38 Å². The fraction of sp³-hybridized carbons (Fsp3) is 0. The van der Waals surface area contributed by atoms with Gasteiger partial charge in [-0.3, -0.25) is 0 Å². The van der Waals surface area contributed by atoms with Gasteiger partial charge in [-0.2, -0.15) is 0 Å². The molecule has 0 radical (unpaired) electrons. The largest absolute Gasteiger partial charge is 0.374 e. The van der Waals surface area contributed by atoms with Gasteiger partial charge in [-0.1, -0.05) is 17.4 Å². The molecular formula is C9H6N4S3. The van der Waals surface area contributed by atoms with Crippen LogP contribution in [-0.4, -0.2) is 15.2 Å². The highest BCUT2D eigenvalue weighted by atomic mass is 32.1. The molecule has 0 aliphatic rings. The maximum Gasteiger partial charge on any atom is 0.203 e. The van der Waals surface area contributed by atoms with Crippen molar-refractivity contribution in [2.24, 2.45) is 0 Å². The standard InChI is InChI=1S/C9H6N4S3/c10-9-13-12-7(16-9)5-4-15-8(11-5)6-2-1-3-14-6/h1-4H,(H2,10,13). The highest BCUT2D eigenvalue weighted by molar-refractivity contribution is 7.21. The lowest BCUT2D eigenvalue weighted by Crippen LogP contribution is -1.80. The van der Waals surface area contributed by atoms with Crippen molar-refractivity contribution >= 4 is 39.1 Å². The summed E-state index contributed by atoms with van der Waals surface area (Å²) in [4.78, 5) is 5.69. The number of hydrogen-bond donors (Lipinski definition) is 1. The summed E-state index contributed by atoms with van der Waals surface area (Å²) < 4.78 is 0. The van der Waals surface area contributed by atoms with Crippen molar-refractivity contribution in [3.8, 4) is 20.6 Å². The van der Waals surface area contributed by atoms with E-state index in [0.29, 0.717) is 5.13 Å². The molecule has 80 valence electrons. The smallest absolute Gasteiger partial charge is 0.203 e. The monoisotopic (exact) mass is 266 g/mol. The predicted molar refractivity (Wildman–Crippen MR) is 68.7 cm³/mol. The Morgan fingerprint density at radius 3 is 2.75 bits per heavy atom. The van der Waals surface area contributed by atoms with Crippen molar-refractivity contribution < 1.29 is 0 Å². The molecule has 0 saturated carbocycles. The summed E-state index contributed by atoms with van der Waals surface area (Å²) in [6.45, 7) is 0. The van der Waals surface area contributed by atoms with Gasteiger partial charge in [0.25, 0.3) is 0 Å². The molecular weight excluding hydrogens is 260 g/mol. The Kier molecular flexibility index (Phi) is 2.43. The van der Waals surface area contributed by atoms with Crippen LogP contribution in [0, 0.1) is 0 Å². The second kappa shape index (κ2) is 3.93. The van der Waals surface area contributed by atoms with Crippen LogP contribution in [0.1, 0.15) is 0 Å². The summed E-state index contributed by atoms with van der Waals surface area (Å²) in [5, 5.41) is 14.0. The topological polar surface area (TPSA) is 64.7 Å². The van der Waals surface area contributed by atoms with Crippen LogP contribution >= 0.6 is 34.0 Å². The Morgan fingerprint density at radius 2 is 2.06 bits per heavy atom. The van der Waals surface area contributed by atoms with Crippen molar-refractivity contribution in [3.05, 3.63) is 22.9 Å². The SMILES string of the molecule is Nc1nnc(-c2csc(-c3cccs3)n2)s1. The van der Waals surface area contributed by atoms with Crippen molar-refractivity contribution in [2.75, 3.05) is 5.73 Å². The highest BCUT2D eigenvalue weighted by Crippen LogP contribution is 2.32. The zero-order valence-electron chi connectivity index (χ0n) is 7.95. The number of rotatable bonds is 2. The molecule has 0 aliphatic heterocycles. The lowest BCUT2D eigenvalue weighted by atomic mass is 10.5. The second-order valence-corrected chi connectivity index (χ2v) is 5.78. The number of nitrogens with two attached hydrogens (primary N) is 1. The number of aromatic nitrogens is 3. The van der Waals surface area contributed by atoms with E-state index in [2.05, 4.69) is 21.2 Å². The van der Waals surface area contributed by atoms with Crippen molar-refractivity contribution in [1.82, 2.24) is 15.2 Å². The third-order valence-electron chi connectivity index (χ3n) is 1.90. The first kappa shape index (κ1) is 9.88. The Hall–Kier alpha value is -1.31. The summed E-state index contributed by atoms with van der Waals surface area (Å²) in [5.74, 6) is 0. The number of thiazole rings is 1. The summed E-state index contributed by atoms with van der Waals surface area (Å²) in [6.07, 6.45) is 0. The van der Waals surface area contributed by atoms with Crippen LogP contribution in [0.4, 0.5) is 5.13 Å². The van der Waals surface area contributed by atoms with Crippen molar-refractivity contribution in [1.29, 1.82) is 0 Å². The molecule has 0 saturated heterocycles. The number of nitrogen functional groups attached to an aromatic ring is 1. The first-order valence-electron chi connectivity index (χ1n) is 4.42. The fourth-order valence-electron chi connectivity index (χ4n) is 1.22. The molecule has 0 unspecified atom stereocenters. The minimum absolute atomic E-state index is 0.473. The fourth-order valence-corrected chi connectivity index (χ4v) is 3.49. The molecule has 0 amide bonds. The molecule has 0 aromatic carbocycles. The van der Waals surface area contributed by atoms with Gasteiger partial charge in [0.2, 0.25) is 5.13 Å². The van der Waals surface area contributed by atoms with Gasteiger partial charge in [0.05, 0.1) is 4.88 Å². The van der Waals surface area contributed by atoms with Gasteiger partial charge in [-0.25, -0.2) is 4.98 Å². The van der Waals surface area contributed by atoms with E-state index in [9.17, 15) is 0 Å². The summed E-state index contributed by atoms with van der Waals surface area (Å²) >= 11 is 4.64. The zero-order valence-corrected chi connectivity index (χ0v) is 10.4. The summed E-state index contributed by atoms with van der Waals surface area (Å²) in [6, 6.07) is 4.08. The molecule has 3 aromatic heterocycles. The maximum atomic E-state index is 5.54. The van der Waals surface area contributed by atoms with Crippen molar-refractivity contribution in [2.45, 2.75) is 0 Å². The molecule has 2 N–H and O–H groups in total. The van der Waals surface area contributed by atoms with Crippen LogP contribution in [0.2, 0.25) is 0 Å². The average molecular weight is 266 g/mol. The van der Waals surface area contributed by atoms with Gasteiger partial charge in [-0.15, -0.1) is 32.9 Å². The second-order valence-electron chi connectivity index (χ2n) is 2.96. The van der Waals surface area contributed by atoms with E-state index in [1.54, 1.807) is 22.7 Å². The number of thiophene rings is 1. The maximum absolute atomic E-state index is 5.54. The third-order valence-corrected chi connectivity index (χ3v) is 4.55. The molecule has 7 heteroatoms. The van der Waals surface area contributed by atoms with Crippen LogP contribution in [-0.2, 0) is 0 Å². The molecule has 0 bridgehead atoms. The molecule has 0 fully saturated rings. The van der Waals surface area contributed by atoms with E-state index < -0.39 is 0 Å². The third kappa shape index (κ3) is 1.73. The minimum Gasteiger partial charge on any atom is -0.374 e. The highest BCUT2D eigenvalue weighted by Gasteiger charge is 2.10. The van der Waals surface area contributed by atoms with E-state index in [1.165, 1.54) is 16.2 Å².